The summed E-state index contributed by atoms with van der Waals surface area (Å²) < 4.78 is 10.4. The first-order chi connectivity index (χ1) is 18.4. The Morgan fingerprint density at radius 2 is 1.75 bits per heavy atom. The van der Waals surface area contributed by atoms with E-state index in [1.165, 1.54) is 11.8 Å². The zero-order valence-corrected chi connectivity index (χ0v) is 26.0. The van der Waals surface area contributed by atoms with E-state index in [4.69, 9.17) is 9.15 Å². The van der Waals surface area contributed by atoms with Crippen LogP contribution >= 0.6 is 15.9 Å². The number of aromatic amines is 1. The van der Waals surface area contributed by atoms with E-state index >= 15 is 0 Å². The van der Waals surface area contributed by atoms with E-state index in [2.05, 4.69) is 33.0 Å². The van der Waals surface area contributed by atoms with Crippen LogP contribution in [0.1, 0.15) is 47.8 Å². The number of hydrogen-bond acceptors (Lipinski definition) is 6. The number of esters is 1. The van der Waals surface area contributed by atoms with Crippen LogP contribution in [0.5, 0.6) is 0 Å². The van der Waals surface area contributed by atoms with Crippen molar-refractivity contribution >= 4 is 44.4 Å². The van der Waals surface area contributed by atoms with Crippen molar-refractivity contribution in [2.75, 3.05) is 37.7 Å². The number of rotatable bonds is 5. The summed E-state index contributed by atoms with van der Waals surface area (Å²) in [5.74, 6) is -0.518. The van der Waals surface area contributed by atoms with Crippen LogP contribution in [0, 0.1) is 6.92 Å². The van der Waals surface area contributed by atoms with Gasteiger partial charge in [-0.25, -0.2) is 4.79 Å². The minimum atomic E-state index is -0.647. The summed E-state index contributed by atoms with van der Waals surface area (Å²) in [5, 5.41) is 1.73. The van der Waals surface area contributed by atoms with Crippen molar-refractivity contribution in [3.8, 4) is 0 Å². The van der Waals surface area contributed by atoms with Gasteiger partial charge in [-0.15, -0.1) is 0 Å². The number of pyridine rings is 1. The van der Waals surface area contributed by atoms with Gasteiger partial charge in [0.05, 0.1) is 24.1 Å². The molecule has 2 aromatic carbocycles. The smallest absolute Gasteiger partial charge is 1.00 e. The van der Waals surface area contributed by atoms with Gasteiger partial charge < -0.3 is 25.4 Å². The van der Waals surface area contributed by atoms with Crippen LogP contribution in [0.2, 0.25) is 0 Å². The topological polar surface area (TPSA) is 95.8 Å². The first-order valence-electron chi connectivity index (χ1n) is 12.4. The third-order valence-electron chi connectivity index (χ3n) is 6.23. The van der Waals surface area contributed by atoms with Crippen molar-refractivity contribution in [1.29, 1.82) is 0 Å². The van der Waals surface area contributed by atoms with Gasteiger partial charge in [0.15, 0.2) is 5.76 Å². The third kappa shape index (κ3) is 7.87. The molecule has 0 saturated carbocycles. The molecule has 4 aromatic rings. The molecule has 0 unspecified atom stereocenters. The van der Waals surface area contributed by atoms with E-state index in [0.717, 1.165) is 16.3 Å². The van der Waals surface area contributed by atoms with Gasteiger partial charge in [-0.05, 0) is 43.7 Å². The summed E-state index contributed by atoms with van der Waals surface area (Å²) >= 11 is 3.36. The van der Waals surface area contributed by atoms with E-state index < -0.39 is 11.5 Å². The predicted molar refractivity (Wildman–Crippen MR) is 159 cm³/mol. The number of benzene rings is 2. The van der Waals surface area contributed by atoms with Crippen molar-refractivity contribution in [2.45, 2.75) is 26.6 Å². The number of aryl methyl sites for hydroxylation is 1. The molecule has 208 valence electrons. The van der Waals surface area contributed by atoms with E-state index in [0.29, 0.717) is 43.1 Å². The normalized spacial score (nSPS) is 12.5. The Kier molecular flexibility index (Phi) is 13.2. The van der Waals surface area contributed by atoms with Gasteiger partial charge in [0.2, 0.25) is 0 Å². The Bertz CT molecular complexity index is 1460. The number of piperazine rings is 1. The molecule has 8 nitrogen and oxygen atoms in total. The molecule has 1 aliphatic rings. The fourth-order valence-electron chi connectivity index (χ4n) is 4.37. The molecule has 2 aromatic heterocycles. The number of H-pyrrole nitrogens is 1. The summed E-state index contributed by atoms with van der Waals surface area (Å²) in [7, 11) is 0. The molecule has 0 radical (unpaired) electrons. The molecule has 1 fully saturated rings. The summed E-state index contributed by atoms with van der Waals surface area (Å²) in [6.45, 7) is 5.68. The SMILES string of the molecule is BrCc1ccccc1.C.CCOC(=O)c1c(N2CCN(C(=O)c3ccco3)CC2)c2cc(C)ccc2[nH]c1=O.[H-].[Na+]. The molecule has 10 heteroatoms. The molecule has 1 amide bonds. The Labute approximate surface area is 266 Å². The quantitative estimate of drug-likeness (QED) is 0.210. The number of carbonyl (C=O) groups is 2. The fraction of sp³-hybridized carbons (Fsp3) is 0.300. The zero-order valence-electron chi connectivity index (χ0n) is 23.4. The number of furan rings is 1. The standard InChI is InChI=1S/C22H23N3O5.C7H7Br.CH4.Na.H/c1-3-29-22(28)18-19(15-13-14(2)6-7-16(15)23-20(18)26)24-8-10-25(11-9-24)21(27)17-5-4-12-30-17;8-6-7-4-2-1-3-5-7;;;/h4-7,12-13H,3,8-11H2,1-2H3,(H,23,26);1-5H,6H2;1H4;;/q;;;+1;-1. The number of carbonyl (C=O) groups excluding carboxylic acids is 2. The number of halogens is 1. The maximum Gasteiger partial charge on any atom is 1.00 e. The molecule has 0 aliphatic carbocycles. The van der Waals surface area contributed by atoms with Crippen LogP contribution in [0.3, 0.4) is 0 Å². The van der Waals surface area contributed by atoms with E-state index in [-0.39, 0.29) is 56.5 Å². The van der Waals surface area contributed by atoms with Crippen LogP contribution in [-0.2, 0) is 10.1 Å². The monoisotopic (exact) mass is 619 g/mol. The summed E-state index contributed by atoms with van der Waals surface area (Å²) in [6, 6.07) is 19.3. The molecule has 1 saturated heterocycles. The van der Waals surface area contributed by atoms with Crippen molar-refractivity contribution in [1.82, 2.24) is 9.88 Å². The Morgan fingerprint density at radius 3 is 2.33 bits per heavy atom. The largest absolute Gasteiger partial charge is 1.00 e. The molecular formula is C30H35BrN3NaO5. The van der Waals surface area contributed by atoms with Gasteiger partial charge in [-0.3, -0.25) is 9.59 Å². The first-order valence-corrected chi connectivity index (χ1v) is 13.6. The van der Waals surface area contributed by atoms with Crippen molar-refractivity contribution in [2.24, 2.45) is 0 Å². The van der Waals surface area contributed by atoms with E-state index in [1.807, 2.05) is 48.2 Å². The zero-order chi connectivity index (χ0) is 27.1. The fourth-order valence-corrected chi connectivity index (χ4v) is 4.74. The summed E-state index contributed by atoms with van der Waals surface area (Å²) in [4.78, 5) is 44.4. The number of hydrogen-bond donors (Lipinski definition) is 1. The average Bonchev–Trinajstić information content (AvgIpc) is 3.48. The predicted octanol–water partition coefficient (Wildman–Crippen LogP) is 2.90. The molecule has 0 atom stereocenters. The van der Waals surface area contributed by atoms with Crippen LogP contribution < -0.4 is 40.0 Å². The number of alkyl halides is 1. The molecular weight excluding hydrogens is 585 g/mol. The van der Waals surface area contributed by atoms with Crippen molar-refractivity contribution in [3.63, 3.8) is 0 Å². The van der Waals surface area contributed by atoms with Crippen LogP contribution in [0.15, 0.2) is 76.1 Å². The Morgan fingerprint density at radius 1 is 1.05 bits per heavy atom. The Hall–Kier alpha value is -2.85. The number of aromatic nitrogens is 1. The van der Waals surface area contributed by atoms with Crippen molar-refractivity contribution in [3.05, 3.63) is 99.7 Å². The van der Waals surface area contributed by atoms with Crippen molar-refractivity contribution < 1.29 is 49.7 Å². The minimum absolute atomic E-state index is 0. The van der Waals surface area contributed by atoms with Gasteiger partial charge >= 0.3 is 35.5 Å². The molecule has 3 heterocycles. The second-order valence-corrected chi connectivity index (χ2v) is 9.38. The maximum atomic E-state index is 12.8. The van der Waals surface area contributed by atoms with Crippen LogP contribution in [0.25, 0.3) is 10.9 Å². The molecule has 0 bridgehead atoms. The molecule has 1 N–H and O–H groups in total. The van der Waals surface area contributed by atoms with Gasteiger partial charge in [0, 0.05) is 36.9 Å². The van der Waals surface area contributed by atoms with E-state index in [9.17, 15) is 14.4 Å². The number of nitrogens with zero attached hydrogens (tertiary/aromatic N) is 2. The molecule has 5 rings (SSSR count). The van der Waals surface area contributed by atoms with E-state index in [1.54, 1.807) is 24.0 Å². The van der Waals surface area contributed by atoms with Gasteiger partial charge in [0.25, 0.3) is 11.5 Å². The number of amides is 1. The first kappa shape index (κ1) is 33.4. The molecule has 40 heavy (non-hydrogen) atoms. The number of fused-ring (bicyclic) bond motifs is 1. The second kappa shape index (κ2) is 15.8. The molecule has 1 aliphatic heterocycles. The summed E-state index contributed by atoms with van der Waals surface area (Å²) in [5.41, 5.74) is 3.07. The summed E-state index contributed by atoms with van der Waals surface area (Å²) in [6.07, 6.45) is 1.47. The maximum absolute atomic E-state index is 12.8. The van der Waals surface area contributed by atoms with Gasteiger partial charge in [0.1, 0.15) is 5.56 Å². The number of nitrogens with one attached hydrogen (secondary N) is 1. The Balaban J connectivity index is 0.000000665. The molecule has 0 spiro atoms. The van der Waals surface area contributed by atoms with Gasteiger partial charge in [-0.2, -0.15) is 0 Å². The number of anilines is 1. The second-order valence-electron chi connectivity index (χ2n) is 8.82. The third-order valence-corrected chi connectivity index (χ3v) is 6.88. The number of ether oxygens (including phenoxy) is 1. The average molecular weight is 621 g/mol. The van der Waals surface area contributed by atoms with Crippen LogP contribution in [-0.4, -0.2) is 54.5 Å². The van der Waals surface area contributed by atoms with Gasteiger partial charge in [-0.1, -0.05) is 65.3 Å². The van der Waals surface area contributed by atoms with Crippen LogP contribution in [0.4, 0.5) is 5.69 Å². The minimum Gasteiger partial charge on any atom is -1.00 e.